The Balaban J connectivity index is 1.53. The highest BCUT2D eigenvalue weighted by molar-refractivity contribution is 6.04. The molecule has 10 heteroatoms. The van der Waals surface area contributed by atoms with Crippen LogP contribution in [-0.2, 0) is 13.2 Å². The summed E-state index contributed by atoms with van der Waals surface area (Å²) in [6.45, 7) is 1.48. The van der Waals surface area contributed by atoms with Crippen LogP contribution >= 0.6 is 0 Å². The SMILES string of the molecule is Cn1ccc(NC(=O)N2c3nc(-c4cccc(C(F)(F)F)c4)ccc3N3CC[C@H]2C3)n1. The topological polar surface area (TPSA) is 66.3 Å². The lowest BCUT2D eigenvalue weighted by atomic mass is 10.1. The first-order valence-corrected chi connectivity index (χ1v) is 9.83. The Bertz CT molecular complexity index is 1160. The first-order chi connectivity index (χ1) is 14.8. The quantitative estimate of drug-likeness (QED) is 0.667. The second-order valence-electron chi connectivity index (χ2n) is 7.68. The zero-order valence-electron chi connectivity index (χ0n) is 16.6. The van der Waals surface area contributed by atoms with Gasteiger partial charge in [-0.1, -0.05) is 12.1 Å². The summed E-state index contributed by atoms with van der Waals surface area (Å²) < 4.78 is 41.0. The minimum Gasteiger partial charge on any atom is -0.366 e. The lowest BCUT2D eigenvalue weighted by molar-refractivity contribution is -0.137. The summed E-state index contributed by atoms with van der Waals surface area (Å²) >= 11 is 0. The molecule has 160 valence electrons. The van der Waals surface area contributed by atoms with Gasteiger partial charge in [-0.05, 0) is 30.7 Å². The number of carbonyl (C=O) groups excluding carboxylic acids is 1. The zero-order chi connectivity index (χ0) is 21.8. The lowest BCUT2D eigenvalue weighted by Crippen LogP contribution is -2.48. The molecule has 31 heavy (non-hydrogen) atoms. The van der Waals surface area contributed by atoms with E-state index < -0.39 is 11.7 Å². The number of hydrogen-bond donors (Lipinski definition) is 1. The number of urea groups is 1. The van der Waals surface area contributed by atoms with Gasteiger partial charge < -0.3 is 4.90 Å². The normalized spacial score (nSPS) is 17.6. The Hall–Kier alpha value is -3.56. The van der Waals surface area contributed by atoms with Crippen molar-refractivity contribution in [3.63, 3.8) is 0 Å². The minimum atomic E-state index is -4.44. The standard InChI is InChI=1S/C21H19F3N6O/c1-28-9-8-18(27-28)26-20(31)30-15-7-10-29(12-15)17-6-5-16(25-19(17)30)13-3-2-4-14(11-13)21(22,23)24/h2-6,8-9,11,15H,7,10,12H2,1H3,(H,26,27,31)/t15-/m0/s1. The van der Waals surface area contributed by atoms with E-state index in [1.807, 2.05) is 6.07 Å². The Morgan fingerprint density at radius 3 is 2.77 bits per heavy atom. The molecule has 2 aliphatic heterocycles. The maximum Gasteiger partial charge on any atom is 0.416 e. The number of fused-ring (bicyclic) bond motifs is 4. The maximum atomic E-state index is 13.1. The first-order valence-electron chi connectivity index (χ1n) is 9.83. The number of pyridine rings is 1. The van der Waals surface area contributed by atoms with Gasteiger partial charge in [0.25, 0.3) is 0 Å². The van der Waals surface area contributed by atoms with Gasteiger partial charge in [-0.2, -0.15) is 18.3 Å². The van der Waals surface area contributed by atoms with E-state index in [9.17, 15) is 18.0 Å². The fourth-order valence-electron chi connectivity index (χ4n) is 4.14. The number of halogens is 3. The van der Waals surface area contributed by atoms with Crippen LogP contribution in [0.4, 0.5) is 35.3 Å². The molecule has 4 heterocycles. The van der Waals surface area contributed by atoms with Crippen molar-refractivity contribution in [3.8, 4) is 11.3 Å². The van der Waals surface area contributed by atoms with Gasteiger partial charge in [-0.25, -0.2) is 9.78 Å². The summed E-state index contributed by atoms with van der Waals surface area (Å²) in [7, 11) is 1.75. The fourth-order valence-corrected chi connectivity index (χ4v) is 4.14. The summed E-state index contributed by atoms with van der Waals surface area (Å²) in [4.78, 5) is 21.5. The lowest BCUT2D eigenvalue weighted by Gasteiger charge is -2.35. The second-order valence-corrected chi connectivity index (χ2v) is 7.68. The molecule has 1 aromatic carbocycles. The zero-order valence-corrected chi connectivity index (χ0v) is 16.6. The molecule has 1 saturated heterocycles. The van der Waals surface area contributed by atoms with E-state index in [0.717, 1.165) is 30.8 Å². The van der Waals surface area contributed by atoms with E-state index >= 15 is 0 Å². The average molecular weight is 428 g/mol. The molecule has 7 nitrogen and oxygen atoms in total. The highest BCUT2D eigenvalue weighted by Crippen LogP contribution is 2.41. The van der Waals surface area contributed by atoms with Crippen LogP contribution < -0.4 is 15.1 Å². The Morgan fingerprint density at radius 2 is 2.03 bits per heavy atom. The van der Waals surface area contributed by atoms with Gasteiger partial charge in [-0.15, -0.1) is 0 Å². The van der Waals surface area contributed by atoms with Crippen molar-refractivity contribution >= 4 is 23.4 Å². The van der Waals surface area contributed by atoms with Gasteiger partial charge in [0.2, 0.25) is 0 Å². The molecular weight excluding hydrogens is 409 g/mol. The largest absolute Gasteiger partial charge is 0.416 e. The summed E-state index contributed by atoms with van der Waals surface area (Å²) in [6, 6.07) is 9.82. The van der Waals surface area contributed by atoms with Crippen LogP contribution in [0.5, 0.6) is 0 Å². The van der Waals surface area contributed by atoms with Crippen molar-refractivity contribution in [2.45, 2.75) is 18.6 Å². The van der Waals surface area contributed by atoms with Gasteiger partial charge in [0.15, 0.2) is 11.6 Å². The molecule has 0 aliphatic carbocycles. The van der Waals surface area contributed by atoms with Crippen LogP contribution in [0.15, 0.2) is 48.7 Å². The minimum absolute atomic E-state index is 0.0690. The number of amides is 2. The van der Waals surface area contributed by atoms with E-state index in [2.05, 4.69) is 20.3 Å². The third kappa shape index (κ3) is 3.47. The van der Waals surface area contributed by atoms with Crippen LogP contribution in [-0.4, -0.2) is 39.9 Å². The van der Waals surface area contributed by atoms with Crippen molar-refractivity contribution in [2.75, 3.05) is 28.2 Å². The molecule has 1 N–H and O–H groups in total. The number of alkyl halides is 3. The molecule has 2 aliphatic rings. The molecule has 2 aromatic heterocycles. The smallest absolute Gasteiger partial charge is 0.366 e. The van der Waals surface area contributed by atoms with Crippen LogP contribution in [0.1, 0.15) is 12.0 Å². The summed E-state index contributed by atoms with van der Waals surface area (Å²) in [5.74, 6) is 0.862. The number of carbonyl (C=O) groups is 1. The monoisotopic (exact) mass is 428 g/mol. The highest BCUT2D eigenvalue weighted by atomic mass is 19.4. The predicted molar refractivity (Wildman–Crippen MR) is 110 cm³/mol. The van der Waals surface area contributed by atoms with Gasteiger partial charge in [0, 0.05) is 38.0 Å². The number of rotatable bonds is 2. The third-order valence-corrected chi connectivity index (χ3v) is 5.61. The molecule has 3 aromatic rings. The highest BCUT2D eigenvalue weighted by Gasteiger charge is 2.40. The number of hydrogen-bond acceptors (Lipinski definition) is 4. The van der Waals surface area contributed by atoms with Gasteiger partial charge in [-0.3, -0.25) is 14.9 Å². The second kappa shape index (κ2) is 7.00. The number of nitrogens with one attached hydrogen (secondary N) is 1. The molecule has 1 fully saturated rings. The number of aryl methyl sites for hydroxylation is 1. The Labute approximate surface area is 176 Å². The van der Waals surface area contributed by atoms with Crippen LogP contribution in [0.25, 0.3) is 11.3 Å². The summed E-state index contributed by atoms with van der Waals surface area (Å²) in [5, 5.41) is 6.97. The molecule has 2 bridgehead atoms. The molecule has 0 spiro atoms. The van der Waals surface area contributed by atoms with Crippen LogP contribution in [0.2, 0.25) is 0 Å². The van der Waals surface area contributed by atoms with Gasteiger partial charge in [0.05, 0.1) is 23.0 Å². The summed E-state index contributed by atoms with van der Waals surface area (Å²) in [5.41, 5.74) is 0.775. The van der Waals surface area contributed by atoms with Crippen molar-refractivity contribution in [1.82, 2.24) is 14.8 Å². The van der Waals surface area contributed by atoms with Crippen molar-refractivity contribution < 1.29 is 18.0 Å². The van der Waals surface area contributed by atoms with Gasteiger partial charge >= 0.3 is 12.2 Å². The maximum absolute atomic E-state index is 13.1. The van der Waals surface area contributed by atoms with E-state index in [4.69, 9.17) is 0 Å². The summed E-state index contributed by atoms with van der Waals surface area (Å²) in [6.07, 6.45) is -1.93. The van der Waals surface area contributed by atoms with E-state index in [1.54, 1.807) is 41.0 Å². The van der Waals surface area contributed by atoms with E-state index in [-0.39, 0.29) is 12.1 Å². The number of benzene rings is 1. The number of aromatic nitrogens is 3. The Kier molecular flexibility index (Phi) is 4.38. The number of nitrogens with zero attached hydrogens (tertiary/aromatic N) is 5. The van der Waals surface area contributed by atoms with E-state index in [0.29, 0.717) is 29.4 Å². The molecular formula is C21H19F3N6O. The Morgan fingerprint density at radius 1 is 1.19 bits per heavy atom. The van der Waals surface area contributed by atoms with Crippen LogP contribution in [0, 0.1) is 0 Å². The molecule has 1 atom stereocenters. The molecule has 2 amide bonds. The van der Waals surface area contributed by atoms with Crippen molar-refractivity contribution in [3.05, 3.63) is 54.2 Å². The fraction of sp³-hybridized carbons (Fsp3) is 0.286. The predicted octanol–water partition coefficient (Wildman–Crippen LogP) is 4.13. The van der Waals surface area contributed by atoms with Gasteiger partial charge in [0.1, 0.15) is 0 Å². The average Bonchev–Trinajstić information content (AvgIpc) is 3.34. The number of anilines is 3. The molecule has 0 unspecified atom stereocenters. The van der Waals surface area contributed by atoms with Crippen LogP contribution in [0.3, 0.4) is 0 Å². The van der Waals surface area contributed by atoms with Crippen molar-refractivity contribution in [2.24, 2.45) is 7.05 Å². The molecule has 0 saturated carbocycles. The van der Waals surface area contributed by atoms with Crippen molar-refractivity contribution in [1.29, 1.82) is 0 Å². The van der Waals surface area contributed by atoms with E-state index in [1.165, 1.54) is 6.07 Å². The first kappa shape index (κ1) is 19.4. The third-order valence-electron chi connectivity index (χ3n) is 5.61. The molecule has 0 radical (unpaired) electrons. The molecule has 5 rings (SSSR count).